The summed E-state index contributed by atoms with van der Waals surface area (Å²) in [5.74, 6) is -0.484. The molecule has 0 bridgehead atoms. The Hall–Kier alpha value is -2.42. The van der Waals surface area contributed by atoms with Gasteiger partial charge >= 0.3 is 0 Å². The van der Waals surface area contributed by atoms with Crippen LogP contribution < -0.4 is 10.6 Å². The number of nitrogens with zero attached hydrogens (tertiary/aromatic N) is 1. The summed E-state index contributed by atoms with van der Waals surface area (Å²) >= 11 is 5.83. The Morgan fingerprint density at radius 2 is 1.90 bits per heavy atom. The maximum absolute atomic E-state index is 12.9. The summed E-state index contributed by atoms with van der Waals surface area (Å²) in [5.41, 5.74) is 2.27. The fourth-order valence-corrected chi connectivity index (χ4v) is 4.34. The lowest BCUT2D eigenvalue weighted by molar-refractivity contribution is -0.121. The molecule has 2 amide bonds. The number of carbonyl (C=O) groups is 2. The van der Waals surface area contributed by atoms with Crippen molar-refractivity contribution in [2.45, 2.75) is 30.7 Å². The Bertz CT molecular complexity index is 1020. The minimum atomic E-state index is -3.84. The molecule has 2 N–H and O–H groups in total. The molecule has 1 aliphatic rings. The average Bonchev–Trinajstić information content (AvgIpc) is 2.87. The summed E-state index contributed by atoms with van der Waals surface area (Å²) in [5, 5.41) is 6.08. The molecule has 2 aromatic rings. The van der Waals surface area contributed by atoms with Crippen LogP contribution in [0.15, 0.2) is 47.4 Å². The number of anilines is 1. The third kappa shape index (κ3) is 5.35. The number of halogens is 1. The van der Waals surface area contributed by atoms with Gasteiger partial charge in [-0.3, -0.25) is 9.59 Å². The van der Waals surface area contributed by atoms with E-state index < -0.39 is 15.9 Å². The SMILES string of the molecule is CN(CC(=O)NCc1ccc(Cl)cc1)S(=O)(=O)c1ccc2c(c1)CCCC(=O)N2. The van der Waals surface area contributed by atoms with Gasteiger partial charge in [-0.05, 0) is 54.3 Å². The second kappa shape index (κ2) is 8.94. The van der Waals surface area contributed by atoms with Crippen molar-refractivity contribution in [3.8, 4) is 0 Å². The summed E-state index contributed by atoms with van der Waals surface area (Å²) in [4.78, 5) is 23.9. The molecule has 9 heteroatoms. The van der Waals surface area contributed by atoms with Crippen LogP contribution in [0.25, 0.3) is 0 Å². The molecule has 154 valence electrons. The molecule has 0 unspecified atom stereocenters. The smallest absolute Gasteiger partial charge is 0.243 e. The van der Waals surface area contributed by atoms with E-state index in [1.54, 1.807) is 36.4 Å². The Morgan fingerprint density at radius 3 is 2.62 bits per heavy atom. The van der Waals surface area contributed by atoms with Crippen molar-refractivity contribution in [1.82, 2.24) is 9.62 Å². The highest BCUT2D eigenvalue weighted by Gasteiger charge is 2.24. The van der Waals surface area contributed by atoms with Gasteiger partial charge in [-0.2, -0.15) is 4.31 Å². The van der Waals surface area contributed by atoms with Crippen LogP contribution in [0.4, 0.5) is 5.69 Å². The van der Waals surface area contributed by atoms with E-state index in [1.165, 1.54) is 13.1 Å². The van der Waals surface area contributed by atoms with Crippen LogP contribution in [0.2, 0.25) is 5.02 Å². The first-order valence-electron chi connectivity index (χ1n) is 9.16. The summed E-state index contributed by atoms with van der Waals surface area (Å²) < 4.78 is 26.7. The number of nitrogens with one attached hydrogen (secondary N) is 2. The minimum Gasteiger partial charge on any atom is -0.351 e. The normalized spacial score (nSPS) is 14.1. The second-order valence-corrected chi connectivity index (χ2v) is 9.37. The molecule has 1 aliphatic heterocycles. The quantitative estimate of drug-likeness (QED) is 0.728. The monoisotopic (exact) mass is 435 g/mol. The Kier molecular flexibility index (Phi) is 6.56. The number of rotatable bonds is 6. The molecule has 0 saturated carbocycles. The number of likely N-dealkylation sites (N-methyl/N-ethyl adjacent to an activating group) is 1. The predicted molar refractivity (Wildman–Crippen MR) is 111 cm³/mol. The number of aryl methyl sites for hydroxylation is 1. The molecule has 0 atom stereocenters. The van der Waals surface area contributed by atoms with Gasteiger partial charge in [0.15, 0.2) is 0 Å². The number of hydrogen-bond acceptors (Lipinski definition) is 4. The van der Waals surface area contributed by atoms with Gasteiger partial charge in [0.2, 0.25) is 21.8 Å². The summed E-state index contributed by atoms with van der Waals surface area (Å²) in [6, 6.07) is 11.6. The standard InChI is InChI=1S/C20H22ClN3O4S/c1-24(13-20(26)22-12-14-5-7-16(21)8-6-14)29(27,28)17-9-10-18-15(11-17)3-2-4-19(25)23-18/h5-11H,2-4,12-13H2,1H3,(H,22,26)(H,23,25). The number of carbonyl (C=O) groups excluding carboxylic acids is 2. The highest BCUT2D eigenvalue weighted by molar-refractivity contribution is 7.89. The molecule has 1 heterocycles. The number of fused-ring (bicyclic) bond motifs is 1. The number of benzene rings is 2. The molecule has 3 rings (SSSR count). The van der Waals surface area contributed by atoms with Gasteiger partial charge in [0.05, 0.1) is 11.4 Å². The predicted octanol–water partition coefficient (Wildman–Crippen LogP) is 2.55. The molecular formula is C20H22ClN3O4S. The third-order valence-corrected chi connectivity index (χ3v) is 6.73. The molecule has 0 fully saturated rings. The van der Waals surface area contributed by atoms with Crippen LogP contribution in [-0.2, 0) is 32.6 Å². The van der Waals surface area contributed by atoms with E-state index in [1.807, 2.05) is 0 Å². The lowest BCUT2D eigenvalue weighted by atomic mass is 10.1. The lowest BCUT2D eigenvalue weighted by Crippen LogP contribution is -2.38. The van der Waals surface area contributed by atoms with Crippen molar-refractivity contribution in [3.63, 3.8) is 0 Å². The Labute approximate surface area is 175 Å². The van der Waals surface area contributed by atoms with Crippen LogP contribution in [0.3, 0.4) is 0 Å². The first-order valence-corrected chi connectivity index (χ1v) is 11.0. The van der Waals surface area contributed by atoms with Gasteiger partial charge in [0.1, 0.15) is 0 Å². The van der Waals surface area contributed by atoms with Gasteiger partial charge in [0, 0.05) is 30.7 Å². The maximum atomic E-state index is 12.9. The van der Waals surface area contributed by atoms with Crippen molar-refractivity contribution in [1.29, 1.82) is 0 Å². The molecule has 0 radical (unpaired) electrons. The highest BCUT2D eigenvalue weighted by Crippen LogP contribution is 2.26. The molecule has 0 spiro atoms. The van der Waals surface area contributed by atoms with Crippen molar-refractivity contribution in [3.05, 3.63) is 58.6 Å². The van der Waals surface area contributed by atoms with Gasteiger partial charge in [-0.1, -0.05) is 23.7 Å². The van der Waals surface area contributed by atoms with Crippen molar-refractivity contribution < 1.29 is 18.0 Å². The highest BCUT2D eigenvalue weighted by atomic mass is 35.5. The summed E-state index contributed by atoms with van der Waals surface area (Å²) in [6.07, 6.45) is 1.68. The fourth-order valence-electron chi connectivity index (χ4n) is 3.04. The van der Waals surface area contributed by atoms with E-state index in [4.69, 9.17) is 11.6 Å². The van der Waals surface area contributed by atoms with E-state index in [2.05, 4.69) is 10.6 Å². The molecular weight excluding hydrogens is 414 g/mol. The molecule has 2 aromatic carbocycles. The zero-order valence-electron chi connectivity index (χ0n) is 15.9. The van der Waals surface area contributed by atoms with Crippen LogP contribution >= 0.6 is 11.6 Å². The van der Waals surface area contributed by atoms with Crippen LogP contribution in [-0.4, -0.2) is 38.1 Å². The third-order valence-electron chi connectivity index (χ3n) is 4.68. The van der Waals surface area contributed by atoms with E-state index in [0.717, 1.165) is 15.4 Å². The topological polar surface area (TPSA) is 95.6 Å². The zero-order chi connectivity index (χ0) is 21.0. The number of sulfonamides is 1. The van der Waals surface area contributed by atoms with Crippen molar-refractivity contribution in [2.75, 3.05) is 18.9 Å². The lowest BCUT2D eigenvalue weighted by Gasteiger charge is -2.18. The van der Waals surface area contributed by atoms with Gasteiger partial charge < -0.3 is 10.6 Å². The van der Waals surface area contributed by atoms with E-state index in [9.17, 15) is 18.0 Å². The molecule has 0 aromatic heterocycles. The van der Waals surface area contributed by atoms with E-state index in [-0.39, 0.29) is 23.9 Å². The van der Waals surface area contributed by atoms with Gasteiger partial charge in [-0.25, -0.2) is 8.42 Å². The minimum absolute atomic E-state index is 0.0752. The van der Waals surface area contributed by atoms with Gasteiger partial charge in [-0.15, -0.1) is 0 Å². The van der Waals surface area contributed by atoms with Crippen molar-refractivity contribution in [2.24, 2.45) is 0 Å². The van der Waals surface area contributed by atoms with Crippen LogP contribution in [0.1, 0.15) is 24.0 Å². The molecule has 0 aliphatic carbocycles. The zero-order valence-corrected chi connectivity index (χ0v) is 17.5. The Morgan fingerprint density at radius 1 is 1.17 bits per heavy atom. The summed E-state index contributed by atoms with van der Waals surface area (Å²) in [6.45, 7) is -0.0217. The first kappa shape index (κ1) is 21.3. The maximum Gasteiger partial charge on any atom is 0.243 e. The van der Waals surface area contributed by atoms with E-state index >= 15 is 0 Å². The van der Waals surface area contributed by atoms with Crippen LogP contribution in [0.5, 0.6) is 0 Å². The first-order chi connectivity index (χ1) is 13.8. The van der Waals surface area contributed by atoms with E-state index in [0.29, 0.717) is 30.0 Å². The number of amides is 2. The fraction of sp³-hybridized carbons (Fsp3) is 0.300. The molecule has 0 saturated heterocycles. The molecule has 7 nitrogen and oxygen atoms in total. The molecule has 29 heavy (non-hydrogen) atoms. The largest absolute Gasteiger partial charge is 0.351 e. The number of hydrogen-bond donors (Lipinski definition) is 2. The second-order valence-electron chi connectivity index (χ2n) is 6.88. The van der Waals surface area contributed by atoms with Gasteiger partial charge in [0.25, 0.3) is 0 Å². The Balaban J connectivity index is 1.65. The summed E-state index contributed by atoms with van der Waals surface area (Å²) in [7, 11) is -2.47. The van der Waals surface area contributed by atoms with Crippen LogP contribution in [0, 0.1) is 0 Å². The average molecular weight is 436 g/mol. The van der Waals surface area contributed by atoms with Crippen molar-refractivity contribution >= 4 is 39.1 Å².